The minimum absolute atomic E-state index is 0.0315. The number of allylic oxidation sites excluding steroid dienone is 2. The molecule has 1 atom stereocenters. The Labute approximate surface area is 199 Å². The quantitative estimate of drug-likeness (QED) is 0.565. The smallest absolute Gasteiger partial charge is 0.340 e. The van der Waals surface area contributed by atoms with Crippen LogP contribution in [0.15, 0.2) is 74.3 Å². The van der Waals surface area contributed by atoms with Gasteiger partial charge in [-0.2, -0.15) is 0 Å². The number of Topliss-reactive ketones (excluding diaryl/α,β-unsaturated/α-hetero) is 1. The normalized spacial score (nSPS) is 19.6. The van der Waals surface area contributed by atoms with Crippen molar-refractivity contribution in [2.45, 2.75) is 39.5 Å². The van der Waals surface area contributed by atoms with Crippen molar-refractivity contribution < 1.29 is 28.3 Å². The first-order valence-corrected chi connectivity index (χ1v) is 11.4. The van der Waals surface area contributed by atoms with E-state index in [0.29, 0.717) is 35.5 Å². The number of amides is 1. The summed E-state index contributed by atoms with van der Waals surface area (Å²) < 4.78 is 17.8. The molecule has 0 saturated heterocycles. The van der Waals surface area contributed by atoms with Crippen molar-refractivity contribution in [1.29, 1.82) is 0 Å². The predicted octanol–water partition coefficient (Wildman–Crippen LogP) is 5.00. The van der Waals surface area contributed by atoms with Gasteiger partial charge in [0.1, 0.15) is 17.1 Å². The molecule has 2 heterocycles. The number of esters is 1. The first kappa shape index (κ1) is 23.0. The lowest BCUT2D eigenvalue weighted by molar-refractivity contribution is -0.139. The third kappa shape index (κ3) is 4.66. The van der Waals surface area contributed by atoms with Gasteiger partial charge in [0.05, 0.1) is 18.8 Å². The number of furan rings is 1. The highest BCUT2D eigenvalue weighted by molar-refractivity contribution is 9.10. The second kappa shape index (κ2) is 9.02. The predicted molar refractivity (Wildman–Crippen MR) is 123 cm³/mol. The molecule has 1 aromatic carbocycles. The maximum absolute atomic E-state index is 13.2. The van der Waals surface area contributed by atoms with E-state index >= 15 is 0 Å². The number of ether oxygens (including phenoxy) is 2. The zero-order valence-corrected chi connectivity index (χ0v) is 20.2. The minimum atomic E-state index is -0.841. The fourth-order valence-electron chi connectivity index (χ4n) is 4.17. The average Bonchev–Trinajstić information content (AvgIpc) is 3.27. The number of carbonyl (C=O) groups is 3. The van der Waals surface area contributed by atoms with Crippen LogP contribution in [-0.4, -0.2) is 24.3 Å². The van der Waals surface area contributed by atoms with E-state index in [1.165, 1.54) is 6.26 Å². The molecule has 2 aliphatic rings. The number of hydrogen-bond donors (Lipinski definition) is 1. The van der Waals surface area contributed by atoms with Crippen LogP contribution in [0.5, 0.6) is 0 Å². The highest BCUT2D eigenvalue weighted by Gasteiger charge is 2.46. The van der Waals surface area contributed by atoms with Crippen LogP contribution in [-0.2, 0) is 19.1 Å². The number of ketones is 1. The van der Waals surface area contributed by atoms with Crippen molar-refractivity contribution in [1.82, 2.24) is 5.32 Å². The molecule has 1 aliphatic heterocycles. The van der Waals surface area contributed by atoms with E-state index in [-0.39, 0.29) is 29.3 Å². The molecular formula is C25H24BrNO6. The first-order chi connectivity index (χ1) is 15.7. The molecule has 0 bridgehead atoms. The van der Waals surface area contributed by atoms with E-state index in [1.54, 1.807) is 43.3 Å². The summed E-state index contributed by atoms with van der Waals surface area (Å²) in [5, 5.41) is 2.73. The topological polar surface area (TPSA) is 94.8 Å². The summed E-state index contributed by atoms with van der Waals surface area (Å²) in [6.45, 7) is 5.76. The van der Waals surface area contributed by atoms with Crippen molar-refractivity contribution >= 4 is 33.6 Å². The number of halogens is 1. The van der Waals surface area contributed by atoms with Crippen LogP contribution < -0.4 is 5.32 Å². The summed E-state index contributed by atoms with van der Waals surface area (Å²) in [6.07, 6.45) is 2.26. The van der Waals surface area contributed by atoms with Gasteiger partial charge in [-0.3, -0.25) is 14.9 Å². The standard InChI is InChI=1S/C25H24BrNO6/c1-4-31-24(30)21-20(17-6-5-11-32-17)19-16(28)12-25(2,3)13-18(19)33-23(21)27-22(29)14-7-9-15(26)10-8-14/h5-11,20H,4,12-13H2,1-3H3,(H,27,29). The van der Waals surface area contributed by atoms with Gasteiger partial charge in [0.25, 0.3) is 5.91 Å². The number of rotatable bonds is 5. The van der Waals surface area contributed by atoms with Gasteiger partial charge >= 0.3 is 5.97 Å². The van der Waals surface area contributed by atoms with E-state index < -0.39 is 17.8 Å². The summed E-state index contributed by atoms with van der Waals surface area (Å²) in [7, 11) is 0. The van der Waals surface area contributed by atoms with Gasteiger partial charge in [-0.15, -0.1) is 0 Å². The van der Waals surface area contributed by atoms with Crippen molar-refractivity contribution in [3.8, 4) is 0 Å². The summed E-state index contributed by atoms with van der Waals surface area (Å²) >= 11 is 3.35. The molecule has 8 heteroatoms. The first-order valence-electron chi connectivity index (χ1n) is 10.7. The summed E-state index contributed by atoms with van der Waals surface area (Å²) in [5.74, 6) is -1.33. The van der Waals surface area contributed by atoms with Gasteiger partial charge < -0.3 is 13.9 Å². The molecule has 0 saturated carbocycles. The van der Waals surface area contributed by atoms with Crippen LogP contribution in [0.3, 0.4) is 0 Å². The Morgan fingerprint density at radius 1 is 1.18 bits per heavy atom. The molecule has 1 N–H and O–H groups in total. The summed E-state index contributed by atoms with van der Waals surface area (Å²) in [4.78, 5) is 39.3. The van der Waals surface area contributed by atoms with E-state index in [1.807, 2.05) is 13.8 Å². The zero-order valence-electron chi connectivity index (χ0n) is 18.6. The molecule has 1 aliphatic carbocycles. The highest BCUT2D eigenvalue weighted by Crippen LogP contribution is 2.48. The minimum Gasteiger partial charge on any atom is -0.468 e. The summed E-state index contributed by atoms with van der Waals surface area (Å²) in [6, 6.07) is 10.2. The van der Waals surface area contributed by atoms with Crippen molar-refractivity contribution in [2.75, 3.05) is 6.61 Å². The van der Waals surface area contributed by atoms with Crippen LogP contribution in [0.2, 0.25) is 0 Å². The lowest BCUT2D eigenvalue weighted by Gasteiger charge is -2.37. The molecule has 7 nitrogen and oxygen atoms in total. The Hall–Kier alpha value is -3.13. The van der Waals surface area contributed by atoms with Gasteiger partial charge in [-0.1, -0.05) is 29.8 Å². The molecule has 1 aromatic heterocycles. The number of nitrogens with one attached hydrogen (secondary N) is 1. The molecule has 172 valence electrons. The maximum Gasteiger partial charge on any atom is 0.340 e. The Balaban J connectivity index is 1.83. The third-order valence-electron chi connectivity index (χ3n) is 5.58. The van der Waals surface area contributed by atoms with Gasteiger partial charge in [0.2, 0.25) is 5.88 Å². The molecule has 0 spiro atoms. The lowest BCUT2D eigenvalue weighted by Crippen LogP contribution is -2.38. The van der Waals surface area contributed by atoms with E-state index in [4.69, 9.17) is 13.9 Å². The lowest BCUT2D eigenvalue weighted by atomic mass is 9.71. The maximum atomic E-state index is 13.2. The van der Waals surface area contributed by atoms with E-state index in [9.17, 15) is 14.4 Å². The van der Waals surface area contributed by atoms with E-state index in [0.717, 1.165) is 4.47 Å². The summed E-state index contributed by atoms with van der Waals surface area (Å²) in [5.41, 5.74) is 0.455. The van der Waals surface area contributed by atoms with Gasteiger partial charge in [0.15, 0.2) is 5.78 Å². The highest BCUT2D eigenvalue weighted by atomic mass is 79.9. The molecule has 0 radical (unpaired) electrons. The Morgan fingerprint density at radius 2 is 1.91 bits per heavy atom. The van der Waals surface area contributed by atoms with Gasteiger partial charge in [-0.05, 0) is 48.7 Å². The van der Waals surface area contributed by atoms with Crippen molar-refractivity contribution in [3.63, 3.8) is 0 Å². The third-order valence-corrected chi connectivity index (χ3v) is 6.11. The van der Waals surface area contributed by atoms with Crippen LogP contribution in [0, 0.1) is 5.41 Å². The molecule has 33 heavy (non-hydrogen) atoms. The number of benzene rings is 1. The van der Waals surface area contributed by atoms with Crippen LogP contribution >= 0.6 is 15.9 Å². The second-order valence-corrected chi connectivity index (χ2v) is 9.67. The monoisotopic (exact) mass is 513 g/mol. The van der Waals surface area contributed by atoms with E-state index in [2.05, 4.69) is 21.2 Å². The number of carbonyl (C=O) groups excluding carboxylic acids is 3. The Bertz CT molecular complexity index is 1160. The van der Waals surface area contributed by atoms with Crippen LogP contribution in [0.1, 0.15) is 55.6 Å². The molecule has 0 fully saturated rings. The second-order valence-electron chi connectivity index (χ2n) is 8.75. The fraction of sp³-hybridized carbons (Fsp3) is 0.320. The Morgan fingerprint density at radius 3 is 2.55 bits per heavy atom. The molecule has 4 rings (SSSR count). The van der Waals surface area contributed by atoms with Crippen molar-refractivity contribution in [2.24, 2.45) is 5.41 Å². The van der Waals surface area contributed by atoms with Gasteiger partial charge in [0, 0.05) is 28.5 Å². The SMILES string of the molecule is CCOC(=O)C1=C(NC(=O)c2ccc(Br)cc2)OC2=C(C(=O)CC(C)(C)C2)C1c1ccco1. The molecular weight excluding hydrogens is 490 g/mol. The van der Waals surface area contributed by atoms with Crippen molar-refractivity contribution in [3.05, 3.63) is 81.2 Å². The Kier molecular flexibility index (Phi) is 6.30. The fourth-order valence-corrected chi connectivity index (χ4v) is 4.44. The van der Waals surface area contributed by atoms with Gasteiger partial charge in [-0.25, -0.2) is 4.79 Å². The molecule has 1 amide bonds. The molecule has 1 unspecified atom stereocenters. The zero-order chi connectivity index (χ0) is 23.8. The van der Waals surface area contributed by atoms with Crippen LogP contribution in [0.25, 0.3) is 0 Å². The molecule has 2 aromatic rings. The number of hydrogen-bond acceptors (Lipinski definition) is 6. The average molecular weight is 514 g/mol. The van der Waals surface area contributed by atoms with Crippen LogP contribution in [0.4, 0.5) is 0 Å². The largest absolute Gasteiger partial charge is 0.468 e.